The maximum absolute atomic E-state index is 12.1. The molecule has 1 saturated heterocycles. The summed E-state index contributed by atoms with van der Waals surface area (Å²) in [6.07, 6.45) is 3.25. The van der Waals surface area contributed by atoms with Crippen molar-refractivity contribution in [3.63, 3.8) is 0 Å². The molecule has 1 fully saturated rings. The van der Waals surface area contributed by atoms with Gasteiger partial charge in [0.25, 0.3) is 0 Å². The van der Waals surface area contributed by atoms with Gasteiger partial charge >= 0.3 is 48.7 Å². The van der Waals surface area contributed by atoms with Crippen LogP contribution in [0.3, 0.4) is 0 Å². The van der Waals surface area contributed by atoms with E-state index < -0.39 is 6.09 Å². The van der Waals surface area contributed by atoms with E-state index in [4.69, 9.17) is 4.74 Å². The molecule has 128 valence electrons. The van der Waals surface area contributed by atoms with Crippen LogP contribution in [0.25, 0.3) is 0 Å². The normalized spacial score (nSPS) is 16.7. The molecule has 0 saturated carbocycles. The Morgan fingerprint density at radius 3 is 2.50 bits per heavy atom. The van der Waals surface area contributed by atoms with Gasteiger partial charge in [-0.1, -0.05) is 44.2 Å². The fourth-order valence-electron chi connectivity index (χ4n) is 2.60. The van der Waals surface area contributed by atoms with Gasteiger partial charge in [-0.05, 0) is 17.9 Å². The fourth-order valence-corrected chi connectivity index (χ4v) is 2.60. The summed E-state index contributed by atoms with van der Waals surface area (Å²) >= 11 is 2.21. The van der Waals surface area contributed by atoms with Crippen molar-refractivity contribution in [3.05, 3.63) is 35.9 Å². The van der Waals surface area contributed by atoms with Crippen LogP contribution < -0.4 is 0 Å². The van der Waals surface area contributed by atoms with Gasteiger partial charge in [-0.3, -0.25) is 4.79 Å². The van der Waals surface area contributed by atoms with Crippen molar-refractivity contribution in [1.29, 1.82) is 0 Å². The second kappa shape index (κ2) is 11.3. The number of hydrogen-bond acceptors (Lipinski definition) is 3. The Labute approximate surface area is 155 Å². The summed E-state index contributed by atoms with van der Waals surface area (Å²) in [4.78, 5) is 25.1. The van der Waals surface area contributed by atoms with Crippen LogP contribution >= 0.6 is 0 Å². The molecule has 1 aromatic rings. The molecule has 1 unspecified atom stereocenters. The Morgan fingerprint density at radius 1 is 1.33 bits per heavy atom. The number of unbranched alkanes of at least 4 members (excludes halogenated alkanes) is 1. The van der Waals surface area contributed by atoms with Crippen molar-refractivity contribution in [1.82, 2.24) is 4.90 Å². The molecular formula is C19H28LiNO3. The molecule has 0 aromatic heterocycles. The molecule has 0 N–H and O–H groups in total. The topological polar surface area (TPSA) is 46.6 Å². The van der Waals surface area contributed by atoms with Crippen molar-refractivity contribution in [2.75, 3.05) is 6.61 Å². The Morgan fingerprint density at radius 2 is 2.00 bits per heavy atom. The molecule has 0 aliphatic carbocycles. The van der Waals surface area contributed by atoms with Gasteiger partial charge in [-0.25, -0.2) is 9.69 Å². The van der Waals surface area contributed by atoms with Gasteiger partial charge in [0, 0.05) is 6.42 Å². The summed E-state index contributed by atoms with van der Waals surface area (Å²) in [7, 11) is 0. The molecule has 2 amide bonds. The third kappa shape index (κ3) is 7.11. The third-order valence-electron chi connectivity index (χ3n) is 3.83. The fraction of sp³-hybridized carbons (Fsp3) is 0.579. The molecule has 0 bridgehead atoms. The molecule has 4 nitrogen and oxygen atoms in total. The molecule has 1 aromatic carbocycles. The van der Waals surface area contributed by atoms with Crippen LogP contribution in [0.4, 0.5) is 4.79 Å². The van der Waals surface area contributed by atoms with Crippen LogP contribution in [0.2, 0.25) is 5.09 Å². The summed E-state index contributed by atoms with van der Waals surface area (Å²) in [6, 6.07) is 9.66. The predicted octanol–water partition coefficient (Wildman–Crippen LogP) is 4.00. The number of amides is 2. The van der Waals surface area contributed by atoms with Gasteiger partial charge in [0.1, 0.15) is 6.61 Å². The number of carbonyl (C=O) groups excluding carboxylic acids is 2. The Hall–Kier alpha value is -1.24. The summed E-state index contributed by atoms with van der Waals surface area (Å²) in [5.41, 5.74) is 1.10. The number of hydrogen-bond donors (Lipinski definition) is 0. The summed E-state index contributed by atoms with van der Waals surface area (Å²) in [5, 5.41) is 1.34. The average molecular weight is 325 g/mol. The first-order valence-corrected chi connectivity index (χ1v) is 9.02. The third-order valence-corrected chi connectivity index (χ3v) is 3.83. The number of nitrogens with zero attached hydrogens (tertiary/aromatic N) is 1. The average Bonchev–Trinajstić information content (AvgIpc) is 2.90. The monoisotopic (exact) mass is 325 g/mol. The van der Waals surface area contributed by atoms with Gasteiger partial charge in [-0.2, -0.15) is 0 Å². The number of benzene rings is 1. The van der Waals surface area contributed by atoms with Gasteiger partial charge in [0.05, 0.1) is 6.04 Å². The van der Waals surface area contributed by atoms with E-state index in [0.29, 0.717) is 12.8 Å². The van der Waals surface area contributed by atoms with Crippen LogP contribution in [0.15, 0.2) is 30.3 Å². The second-order valence-electron chi connectivity index (χ2n) is 6.64. The van der Waals surface area contributed by atoms with Crippen molar-refractivity contribution >= 4 is 29.7 Å². The molecule has 1 aliphatic heterocycles. The van der Waals surface area contributed by atoms with Crippen molar-refractivity contribution in [2.45, 2.75) is 57.6 Å². The van der Waals surface area contributed by atoms with Gasteiger partial charge in [0.15, 0.2) is 0 Å². The number of imide groups is 1. The summed E-state index contributed by atoms with van der Waals surface area (Å²) in [5.74, 6) is 0.0942. The number of ether oxygens (including phenoxy) is 1. The van der Waals surface area contributed by atoms with Crippen molar-refractivity contribution < 1.29 is 14.3 Å². The zero-order chi connectivity index (χ0) is 17.9. The summed E-state index contributed by atoms with van der Waals surface area (Å²) in [6.45, 7) is 6.43. The molecule has 2 rings (SSSR count). The van der Waals surface area contributed by atoms with E-state index in [2.05, 4.69) is 24.6 Å². The van der Waals surface area contributed by atoms with Gasteiger partial charge < -0.3 is 4.74 Å². The predicted molar refractivity (Wildman–Crippen MR) is 97.1 cm³/mol. The van der Waals surface area contributed by atoms with Gasteiger partial charge in [-0.15, -0.1) is 0 Å². The van der Waals surface area contributed by atoms with Gasteiger partial charge in [0.2, 0.25) is 5.91 Å². The van der Waals surface area contributed by atoms with Crippen LogP contribution in [-0.4, -0.2) is 47.3 Å². The minimum atomic E-state index is -0.508. The van der Waals surface area contributed by atoms with Crippen molar-refractivity contribution in [2.24, 2.45) is 5.92 Å². The first-order chi connectivity index (χ1) is 11.5. The van der Waals surface area contributed by atoms with E-state index in [9.17, 15) is 9.59 Å². The van der Waals surface area contributed by atoms with Crippen LogP contribution in [0, 0.1) is 5.92 Å². The number of cyclic esters (lactones) is 1. The quantitative estimate of drug-likeness (QED) is 0.743. The maximum atomic E-state index is 12.1. The number of carbonyl (C=O) groups is 2. The molecule has 1 atom stereocenters. The zero-order valence-electron chi connectivity index (χ0n) is 15.5. The van der Waals surface area contributed by atoms with Crippen LogP contribution in [0.5, 0.6) is 0 Å². The molecule has 5 heteroatoms. The van der Waals surface area contributed by atoms with E-state index in [1.54, 1.807) is 0 Å². The van der Waals surface area contributed by atoms with Crippen LogP contribution in [0.1, 0.15) is 45.6 Å². The Kier molecular flexibility index (Phi) is 9.83. The zero-order valence-corrected chi connectivity index (χ0v) is 15.5. The minimum absolute atomic E-state index is 0.140. The Balaban J connectivity index is 0.000000505. The van der Waals surface area contributed by atoms with Crippen LogP contribution in [-0.2, 0) is 16.0 Å². The van der Waals surface area contributed by atoms with E-state index in [-0.39, 0.29) is 24.5 Å². The molecule has 0 spiro atoms. The van der Waals surface area contributed by atoms with E-state index in [1.807, 2.05) is 44.2 Å². The number of rotatable bonds is 6. The molecule has 24 heavy (non-hydrogen) atoms. The molecular weight excluding hydrogens is 297 g/mol. The SMILES string of the molecule is CC(C)CC(=O)N1C(=O)OCC1Cc1ccccc1.[Li][CH2]CCC. The molecule has 0 radical (unpaired) electrons. The van der Waals surface area contributed by atoms with Crippen molar-refractivity contribution in [3.8, 4) is 0 Å². The molecule has 1 aliphatic rings. The van der Waals surface area contributed by atoms with E-state index in [0.717, 1.165) is 5.56 Å². The molecule has 1 heterocycles. The van der Waals surface area contributed by atoms with E-state index in [1.165, 1.54) is 22.8 Å². The summed E-state index contributed by atoms with van der Waals surface area (Å²) < 4.78 is 5.02. The second-order valence-corrected chi connectivity index (χ2v) is 6.64. The first-order valence-electron chi connectivity index (χ1n) is 9.02. The van der Waals surface area contributed by atoms with E-state index >= 15 is 0 Å². The standard InChI is InChI=1S/C15H19NO3.C4H9.Li/c1-11(2)8-14(17)16-13(10-19-15(16)18)9-12-6-4-3-5-7-12;1-3-4-2;/h3-7,11,13H,8-10H2,1-2H3;1,3-4H2,2H3;. The first kappa shape index (κ1) is 20.8. The Bertz CT molecular complexity index is 503.